The summed E-state index contributed by atoms with van der Waals surface area (Å²) in [6, 6.07) is 6.03. The van der Waals surface area contributed by atoms with Crippen molar-refractivity contribution in [2.75, 3.05) is 36.5 Å². The van der Waals surface area contributed by atoms with Crippen LogP contribution in [0.5, 0.6) is 0 Å². The number of carbonyl (C=O) groups excluding carboxylic acids is 1. The number of anilines is 1. The van der Waals surface area contributed by atoms with Crippen molar-refractivity contribution in [1.82, 2.24) is 9.62 Å². The highest BCUT2D eigenvalue weighted by Crippen LogP contribution is 2.23. The standard InChI is InChI=1S/C16H23N3O5S2/c20-16(18-14-6-9-25(21,22)12-14)11-17-13-4-3-5-15(10-13)26(23,24)19-7-1-2-8-19/h3-5,10,14,17H,1-2,6-9,11-12H2,(H,18,20)/t14-/m1/s1. The van der Waals surface area contributed by atoms with E-state index in [0.717, 1.165) is 12.8 Å². The molecule has 0 unspecified atom stereocenters. The van der Waals surface area contributed by atoms with E-state index >= 15 is 0 Å². The average molecular weight is 402 g/mol. The van der Waals surface area contributed by atoms with E-state index in [9.17, 15) is 21.6 Å². The topological polar surface area (TPSA) is 113 Å². The maximum atomic E-state index is 12.6. The molecule has 0 aromatic heterocycles. The molecule has 1 aromatic rings. The molecule has 144 valence electrons. The molecule has 10 heteroatoms. The summed E-state index contributed by atoms with van der Waals surface area (Å²) in [5, 5.41) is 5.58. The van der Waals surface area contributed by atoms with Gasteiger partial charge in [-0.2, -0.15) is 4.31 Å². The van der Waals surface area contributed by atoms with Crippen molar-refractivity contribution in [2.45, 2.75) is 30.2 Å². The van der Waals surface area contributed by atoms with Gasteiger partial charge < -0.3 is 10.6 Å². The molecule has 2 aliphatic rings. The Bertz CT molecular complexity index is 877. The smallest absolute Gasteiger partial charge is 0.243 e. The number of amides is 1. The number of hydrogen-bond donors (Lipinski definition) is 2. The summed E-state index contributed by atoms with van der Waals surface area (Å²) in [5.74, 6) is -0.246. The Balaban J connectivity index is 1.58. The zero-order valence-corrected chi connectivity index (χ0v) is 16.0. The molecular weight excluding hydrogens is 378 g/mol. The van der Waals surface area contributed by atoms with Gasteiger partial charge in [-0.25, -0.2) is 16.8 Å². The third-order valence-electron chi connectivity index (χ3n) is 4.59. The van der Waals surface area contributed by atoms with Crippen molar-refractivity contribution in [3.63, 3.8) is 0 Å². The molecule has 0 spiro atoms. The van der Waals surface area contributed by atoms with E-state index in [1.54, 1.807) is 18.2 Å². The van der Waals surface area contributed by atoms with Gasteiger partial charge in [-0.05, 0) is 37.5 Å². The first-order valence-corrected chi connectivity index (χ1v) is 11.9. The lowest BCUT2D eigenvalue weighted by molar-refractivity contribution is -0.119. The maximum Gasteiger partial charge on any atom is 0.243 e. The van der Waals surface area contributed by atoms with Gasteiger partial charge in [0, 0.05) is 24.8 Å². The Morgan fingerprint density at radius 1 is 1.23 bits per heavy atom. The first kappa shape index (κ1) is 19.1. The second kappa shape index (κ2) is 7.53. The van der Waals surface area contributed by atoms with Crippen molar-refractivity contribution >= 4 is 31.5 Å². The normalized spacial score (nSPS) is 23.0. The summed E-state index contributed by atoms with van der Waals surface area (Å²) in [6.07, 6.45) is 2.17. The Morgan fingerprint density at radius 2 is 1.96 bits per heavy atom. The minimum Gasteiger partial charge on any atom is -0.376 e. The third-order valence-corrected chi connectivity index (χ3v) is 8.25. The molecule has 2 heterocycles. The molecule has 0 aliphatic carbocycles. The van der Waals surface area contributed by atoms with Gasteiger partial charge in [-0.3, -0.25) is 4.79 Å². The van der Waals surface area contributed by atoms with Crippen LogP contribution >= 0.6 is 0 Å². The molecule has 0 radical (unpaired) electrons. The van der Waals surface area contributed by atoms with Gasteiger partial charge in [0.1, 0.15) is 0 Å². The quantitative estimate of drug-likeness (QED) is 0.703. The first-order chi connectivity index (χ1) is 12.3. The van der Waals surface area contributed by atoms with E-state index in [0.29, 0.717) is 25.2 Å². The number of sulfone groups is 1. The molecule has 0 bridgehead atoms. The molecule has 1 atom stereocenters. The summed E-state index contributed by atoms with van der Waals surface area (Å²) in [4.78, 5) is 12.2. The van der Waals surface area contributed by atoms with Gasteiger partial charge >= 0.3 is 0 Å². The van der Waals surface area contributed by atoms with Crippen LogP contribution in [0.15, 0.2) is 29.2 Å². The number of nitrogens with zero attached hydrogens (tertiary/aromatic N) is 1. The summed E-state index contributed by atoms with van der Waals surface area (Å²) >= 11 is 0. The minimum atomic E-state index is -3.51. The number of carbonyl (C=O) groups is 1. The molecule has 26 heavy (non-hydrogen) atoms. The Kier molecular flexibility index (Phi) is 5.54. The summed E-state index contributed by atoms with van der Waals surface area (Å²) < 4.78 is 49.5. The molecular formula is C16H23N3O5S2. The van der Waals surface area contributed by atoms with Gasteiger partial charge in [-0.15, -0.1) is 0 Å². The van der Waals surface area contributed by atoms with Crippen molar-refractivity contribution < 1.29 is 21.6 Å². The Morgan fingerprint density at radius 3 is 2.62 bits per heavy atom. The fourth-order valence-electron chi connectivity index (χ4n) is 3.21. The average Bonchev–Trinajstić information content (AvgIpc) is 3.23. The monoisotopic (exact) mass is 401 g/mol. The molecule has 2 fully saturated rings. The van der Waals surface area contributed by atoms with Crippen LogP contribution in [0.3, 0.4) is 0 Å². The van der Waals surface area contributed by atoms with Gasteiger partial charge in [0.15, 0.2) is 9.84 Å². The lowest BCUT2D eigenvalue weighted by atomic mass is 10.2. The molecule has 2 saturated heterocycles. The molecule has 1 aromatic carbocycles. The van der Waals surface area contributed by atoms with Gasteiger partial charge in [0.2, 0.25) is 15.9 Å². The zero-order chi connectivity index (χ0) is 18.8. The van der Waals surface area contributed by atoms with E-state index in [2.05, 4.69) is 10.6 Å². The Labute approximate surface area is 153 Å². The van der Waals surface area contributed by atoms with Gasteiger partial charge in [-0.1, -0.05) is 6.07 Å². The van der Waals surface area contributed by atoms with Crippen LogP contribution in [0, 0.1) is 0 Å². The number of benzene rings is 1. The van der Waals surface area contributed by atoms with Crippen LogP contribution < -0.4 is 10.6 Å². The van der Waals surface area contributed by atoms with Crippen LogP contribution in [0.4, 0.5) is 5.69 Å². The number of hydrogen-bond acceptors (Lipinski definition) is 6. The lowest BCUT2D eigenvalue weighted by Crippen LogP contribution is -2.39. The second-order valence-electron chi connectivity index (χ2n) is 6.66. The largest absolute Gasteiger partial charge is 0.376 e. The van der Waals surface area contributed by atoms with Crippen molar-refractivity contribution in [1.29, 1.82) is 0 Å². The third kappa shape index (κ3) is 4.54. The fourth-order valence-corrected chi connectivity index (χ4v) is 6.45. The van der Waals surface area contributed by atoms with Gasteiger partial charge in [0.25, 0.3) is 0 Å². The highest BCUT2D eigenvalue weighted by molar-refractivity contribution is 7.91. The van der Waals surface area contributed by atoms with Crippen molar-refractivity contribution in [2.24, 2.45) is 0 Å². The minimum absolute atomic E-state index is 0.0255. The van der Waals surface area contributed by atoms with Crippen molar-refractivity contribution in [3.8, 4) is 0 Å². The van der Waals surface area contributed by atoms with E-state index < -0.39 is 19.9 Å². The molecule has 1 amide bonds. The molecule has 0 saturated carbocycles. The second-order valence-corrected chi connectivity index (χ2v) is 10.8. The van der Waals surface area contributed by atoms with Crippen LogP contribution in [-0.4, -0.2) is 64.2 Å². The Hall–Kier alpha value is -1.65. The maximum absolute atomic E-state index is 12.6. The van der Waals surface area contributed by atoms with Gasteiger partial charge in [0.05, 0.1) is 22.9 Å². The zero-order valence-electron chi connectivity index (χ0n) is 14.3. The molecule has 3 rings (SSSR count). The van der Waals surface area contributed by atoms with Crippen molar-refractivity contribution in [3.05, 3.63) is 24.3 Å². The van der Waals surface area contributed by atoms with Crippen LogP contribution in [-0.2, 0) is 24.7 Å². The molecule has 2 aliphatic heterocycles. The van der Waals surface area contributed by atoms with E-state index in [4.69, 9.17) is 0 Å². The SMILES string of the molecule is O=C(CNc1cccc(S(=O)(=O)N2CCCC2)c1)N[C@@H]1CCS(=O)(=O)C1. The highest BCUT2D eigenvalue weighted by atomic mass is 32.2. The van der Waals surface area contributed by atoms with E-state index in [1.165, 1.54) is 10.4 Å². The molecule has 2 N–H and O–H groups in total. The van der Waals surface area contributed by atoms with Crippen LogP contribution in [0.2, 0.25) is 0 Å². The number of sulfonamides is 1. The number of nitrogens with one attached hydrogen (secondary N) is 2. The summed E-state index contributed by atoms with van der Waals surface area (Å²) in [5.41, 5.74) is 0.527. The van der Waals surface area contributed by atoms with Crippen LogP contribution in [0.25, 0.3) is 0 Å². The predicted molar refractivity (Wildman–Crippen MR) is 98.1 cm³/mol. The lowest BCUT2D eigenvalue weighted by Gasteiger charge is -2.16. The predicted octanol–water partition coefficient (Wildman–Crippen LogP) is 0.186. The summed E-state index contributed by atoms with van der Waals surface area (Å²) in [6.45, 7) is 1.02. The number of rotatable bonds is 6. The van der Waals surface area contributed by atoms with E-state index in [1.807, 2.05) is 0 Å². The summed E-state index contributed by atoms with van der Waals surface area (Å²) in [7, 11) is -6.55. The first-order valence-electron chi connectivity index (χ1n) is 8.60. The molecule has 8 nitrogen and oxygen atoms in total. The van der Waals surface area contributed by atoms with E-state index in [-0.39, 0.29) is 34.9 Å². The highest BCUT2D eigenvalue weighted by Gasteiger charge is 2.29. The fraction of sp³-hybridized carbons (Fsp3) is 0.562. The van der Waals surface area contributed by atoms with Crippen LogP contribution in [0.1, 0.15) is 19.3 Å².